The van der Waals surface area contributed by atoms with Gasteiger partial charge in [-0.2, -0.15) is 8.78 Å². The van der Waals surface area contributed by atoms with E-state index in [1.165, 1.54) is 24.5 Å². The maximum atomic E-state index is 13.7. The molecule has 2 atom stereocenters. The summed E-state index contributed by atoms with van der Waals surface area (Å²) in [5.41, 5.74) is 0.823. The van der Waals surface area contributed by atoms with Gasteiger partial charge < -0.3 is 20.5 Å². The van der Waals surface area contributed by atoms with Crippen molar-refractivity contribution < 1.29 is 55.4 Å². The molecule has 2 amide bonds. The van der Waals surface area contributed by atoms with Crippen molar-refractivity contribution in [3.05, 3.63) is 119 Å². The molecule has 3 N–H and O–H groups in total. The maximum Gasteiger partial charge on any atom is 0.251 e. The molecule has 0 spiro atoms. The van der Waals surface area contributed by atoms with Gasteiger partial charge in [0, 0.05) is 35.9 Å². The molecule has 0 unspecified atom stereocenters. The lowest BCUT2D eigenvalue weighted by Gasteiger charge is -2.18. The Balaban J connectivity index is 0.000000482. The van der Waals surface area contributed by atoms with E-state index in [2.05, 4.69) is 27.5 Å². The van der Waals surface area contributed by atoms with Crippen LogP contribution in [0.1, 0.15) is 93.4 Å². The number of nitrogens with one attached hydrogen (secondary N) is 2. The second-order valence-corrected chi connectivity index (χ2v) is 12.5. The minimum atomic E-state index is -1.56. The Kier molecular flexibility index (Phi) is 23.7. The Morgan fingerprint density at radius 3 is 1.48 bits per heavy atom. The van der Waals surface area contributed by atoms with Crippen molar-refractivity contribution in [3.8, 4) is 11.5 Å². The number of phenolic OH excluding ortho intramolecular Hbond substituents is 1. The standard InChI is InChI=1S/C20H21F3N2O3.C14H19ClN2O2.C6H3F3O.CH4/c1-2-3-4-5-16(25-20(27)13-8-10-24-11-9-13)17(26)12-28-19-15(22)7-6-14(21)18(19)23;1-2-3-4-5-12(13(18)10-15)17-14(19)11-6-8-16-9-7-11;7-3-1-2-4(8)6(10)5(3)9;/h6-11,16H,2-5,12H2,1H3,(H,25,27);6-9,12H,2-5,10H2,1H3,(H,17,19);1-2,10H;1H4/t16-;12-;;/m00../s1. The van der Waals surface area contributed by atoms with Gasteiger partial charge in [0.2, 0.25) is 11.6 Å². The summed E-state index contributed by atoms with van der Waals surface area (Å²) in [6.07, 6.45) is 12.4. The van der Waals surface area contributed by atoms with Gasteiger partial charge in [0.1, 0.15) is 6.61 Å². The number of Topliss-reactive ketones (excluding diaryl/α,β-unsaturated/α-hetero) is 2. The zero-order valence-corrected chi connectivity index (χ0v) is 31.9. The molecule has 0 fully saturated rings. The van der Waals surface area contributed by atoms with Crippen LogP contribution >= 0.6 is 11.6 Å². The van der Waals surface area contributed by atoms with Crippen molar-refractivity contribution in [1.82, 2.24) is 20.6 Å². The zero-order chi connectivity index (χ0) is 42.3. The summed E-state index contributed by atoms with van der Waals surface area (Å²) >= 11 is 5.58. The molecule has 0 saturated heterocycles. The van der Waals surface area contributed by atoms with Crippen LogP contribution in [-0.4, -0.2) is 63.0 Å². The highest BCUT2D eigenvalue weighted by molar-refractivity contribution is 6.28. The number of ketones is 2. The third-order valence-corrected chi connectivity index (χ3v) is 8.24. The number of rotatable bonds is 18. The number of carbonyl (C=O) groups is 4. The van der Waals surface area contributed by atoms with Gasteiger partial charge in [-0.15, -0.1) is 11.6 Å². The van der Waals surface area contributed by atoms with E-state index in [4.69, 9.17) is 21.4 Å². The summed E-state index contributed by atoms with van der Waals surface area (Å²) in [7, 11) is 0. The first-order valence-electron chi connectivity index (χ1n) is 17.9. The van der Waals surface area contributed by atoms with Crippen LogP contribution in [0.4, 0.5) is 26.3 Å². The summed E-state index contributed by atoms with van der Waals surface area (Å²) in [5, 5.41) is 13.8. The second kappa shape index (κ2) is 27.2. The van der Waals surface area contributed by atoms with Crippen LogP contribution in [0.3, 0.4) is 0 Å². The molecule has 0 bridgehead atoms. The Morgan fingerprint density at radius 2 is 1.05 bits per heavy atom. The first kappa shape index (κ1) is 50.5. The number of halogens is 7. The van der Waals surface area contributed by atoms with E-state index in [-0.39, 0.29) is 25.0 Å². The highest BCUT2D eigenvalue weighted by Crippen LogP contribution is 2.24. The Hall–Kier alpha value is -5.51. The lowest BCUT2D eigenvalue weighted by molar-refractivity contribution is -0.123. The molecule has 4 aromatic rings. The summed E-state index contributed by atoms with van der Waals surface area (Å²) in [5.74, 6) is -11.6. The largest absolute Gasteiger partial charge is 0.503 e. The summed E-state index contributed by atoms with van der Waals surface area (Å²) in [4.78, 5) is 56.2. The molecule has 0 aliphatic rings. The number of amides is 2. The first-order valence-corrected chi connectivity index (χ1v) is 18.4. The van der Waals surface area contributed by atoms with Gasteiger partial charge >= 0.3 is 0 Å². The SMILES string of the molecule is C.CCCCC[C@H](NC(=O)c1ccncc1)C(=O)CCl.CCCCC[C@H](NC(=O)c1ccncc1)C(=O)COc1c(F)ccc(F)c1F.Oc1c(F)ccc(F)c1F. The number of phenols is 1. The molecule has 4 rings (SSSR count). The lowest BCUT2D eigenvalue weighted by atomic mass is 10.0. The molecule has 0 aliphatic carbocycles. The van der Waals surface area contributed by atoms with Crippen LogP contribution in [0.25, 0.3) is 0 Å². The normalized spacial score (nSPS) is 11.3. The van der Waals surface area contributed by atoms with Crippen LogP contribution in [0, 0.1) is 34.9 Å². The number of nitrogens with zero attached hydrogens (tertiary/aromatic N) is 2. The van der Waals surface area contributed by atoms with Gasteiger partial charge in [-0.05, 0) is 61.4 Å². The highest BCUT2D eigenvalue weighted by Gasteiger charge is 2.24. The molecule has 2 aromatic carbocycles. The number of hydrogen-bond donors (Lipinski definition) is 3. The summed E-state index contributed by atoms with van der Waals surface area (Å²) < 4.78 is 81.7. The molecule has 2 heterocycles. The van der Waals surface area contributed by atoms with Crippen molar-refractivity contribution >= 4 is 35.0 Å². The number of aromatic nitrogens is 2. The fourth-order valence-corrected chi connectivity index (χ4v) is 4.99. The smallest absolute Gasteiger partial charge is 0.251 e. The van der Waals surface area contributed by atoms with Crippen LogP contribution in [0.2, 0.25) is 0 Å². The van der Waals surface area contributed by atoms with Crippen molar-refractivity contribution in [3.63, 3.8) is 0 Å². The van der Waals surface area contributed by atoms with E-state index < -0.39 is 76.8 Å². The predicted molar refractivity (Wildman–Crippen MR) is 207 cm³/mol. The van der Waals surface area contributed by atoms with E-state index in [1.54, 1.807) is 24.5 Å². The second-order valence-electron chi connectivity index (χ2n) is 12.2. The quantitative estimate of drug-likeness (QED) is 0.0390. The monoisotopic (exact) mass is 840 g/mol. The van der Waals surface area contributed by atoms with Gasteiger partial charge in [0.05, 0.1) is 18.0 Å². The van der Waals surface area contributed by atoms with Gasteiger partial charge in [0.15, 0.2) is 46.3 Å². The van der Waals surface area contributed by atoms with Crippen molar-refractivity contribution in [2.75, 3.05) is 12.5 Å². The highest BCUT2D eigenvalue weighted by atomic mass is 35.5. The number of carbonyl (C=O) groups excluding carboxylic acids is 4. The van der Waals surface area contributed by atoms with E-state index >= 15 is 0 Å². The number of pyridine rings is 2. The summed E-state index contributed by atoms with van der Waals surface area (Å²) in [6, 6.07) is 7.42. The third kappa shape index (κ3) is 16.9. The average molecular weight is 841 g/mol. The molecule has 0 radical (unpaired) electrons. The Bertz CT molecular complexity index is 1870. The maximum absolute atomic E-state index is 13.7. The number of alkyl halides is 1. The van der Waals surface area contributed by atoms with Crippen LogP contribution < -0.4 is 15.4 Å². The van der Waals surface area contributed by atoms with Gasteiger partial charge in [-0.3, -0.25) is 29.1 Å². The van der Waals surface area contributed by atoms with E-state index in [9.17, 15) is 45.5 Å². The molecular weight excluding hydrogens is 794 g/mol. The topological polar surface area (TPSA) is 148 Å². The third-order valence-electron chi connectivity index (χ3n) is 7.98. The molecule has 316 valence electrons. The Labute approximate surface area is 338 Å². The van der Waals surface area contributed by atoms with Gasteiger partial charge in [-0.1, -0.05) is 59.8 Å². The van der Waals surface area contributed by atoms with Gasteiger partial charge in [-0.25, -0.2) is 17.6 Å². The number of benzene rings is 2. The molecule has 58 heavy (non-hydrogen) atoms. The molecular formula is C41H47ClF6N4O6. The average Bonchev–Trinajstić information content (AvgIpc) is 3.22. The molecule has 10 nitrogen and oxygen atoms in total. The molecule has 0 aliphatic heterocycles. The first-order chi connectivity index (χ1) is 27.2. The fourth-order valence-electron chi connectivity index (χ4n) is 4.81. The summed E-state index contributed by atoms with van der Waals surface area (Å²) in [6.45, 7) is 3.38. The van der Waals surface area contributed by atoms with E-state index in [0.29, 0.717) is 54.7 Å². The van der Waals surface area contributed by atoms with Gasteiger partial charge in [0.25, 0.3) is 11.8 Å². The van der Waals surface area contributed by atoms with Crippen LogP contribution in [-0.2, 0) is 9.59 Å². The predicted octanol–water partition coefficient (Wildman–Crippen LogP) is 8.84. The van der Waals surface area contributed by atoms with Crippen molar-refractivity contribution in [2.45, 2.75) is 84.7 Å². The van der Waals surface area contributed by atoms with Crippen LogP contribution in [0.15, 0.2) is 73.3 Å². The molecule has 2 aromatic heterocycles. The fraction of sp³-hybridized carbons (Fsp3) is 0.366. The minimum absolute atomic E-state index is 0. The lowest BCUT2D eigenvalue weighted by Crippen LogP contribution is -2.43. The zero-order valence-electron chi connectivity index (χ0n) is 31.2. The Morgan fingerprint density at radius 1 is 0.638 bits per heavy atom. The molecule has 0 saturated carbocycles. The minimum Gasteiger partial charge on any atom is -0.503 e. The van der Waals surface area contributed by atoms with Crippen molar-refractivity contribution in [1.29, 1.82) is 0 Å². The van der Waals surface area contributed by atoms with E-state index in [0.717, 1.165) is 32.1 Å². The number of hydrogen-bond acceptors (Lipinski definition) is 8. The number of unbranched alkanes of at least 4 members (excludes halogenated alkanes) is 4. The van der Waals surface area contributed by atoms with Crippen molar-refractivity contribution in [2.24, 2.45) is 0 Å². The van der Waals surface area contributed by atoms with Crippen LogP contribution in [0.5, 0.6) is 11.5 Å². The number of ether oxygens (including phenoxy) is 1. The molecule has 17 heteroatoms. The van der Waals surface area contributed by atoms with E-state index in [1.807, 2.05) is 6.92 Å². The number of aromatic hydroxyl groups is 1.